The zero-order chi connectivity index (χ0) is 9.68. The molecule has 0 aliphatic carbocycles. The minimum atomic E-state index is -0.469. The molecule has 1 rings (SSSR count). The summed E-state index contributed by atoms with van der Waals surface area (Å²) in [5, 5.41) is 12.9. The number of likely N-dealkylation sites (N-methyl/N-ethyl adjacent to an activating group) is 1. The third kappa shape index (κ3) is 2.50. The van der Waals surface area contributed by atoms with Gasteiger partial charge < -0.3 is 10.4 Å². The highest BCUT2D eigenvalue weighted by Gasteiger charge is 2.16. The lowest BCUT2D eigenvalue weighted by Gasteiger charge is -2.20. The van der Waals surface area contributed by atoms with Gasteiger partial charge in [-0.05, 0) is 19.5 Å². The Kier molecular flexibility index (Phi) is 3.86. The Bertz CT molecular complexity index is 234. The fraction of sp³-hybridized carbons (Fsp3) is 0.500. The molecule has 0 aliphatic rings. The monoisotopic (exact) mass is 180 g/mol. The van der Waals surface area contributed by atoms with E-state index in [0.717, 1.165) is 12.0 Å². The van der Waals surface area contributed by atoms with Crippen LogP contribution >= 0.6 is 0 Å². The summed E-state index contributed by atoms with van der Waals surface area (Å²) in [7, 11) is 1.85. The lowest BCUT2D eigenvalue weighted by molar-refractivity contribution is 0.130. The summed E-state index contributed by atoms with van der Waals surface area (Å²) in [5.74, 6) is 0. The molecule has 2 N–H and O–H groups in total. The molecule has 0 aromatic carbocycles. The van der Waals surface area contributed by atoms with Crippen LogP contribution in [0, 0.1) is 0 Å². The number of aliphatic hydroxyl groups is 1. The molecule has 1 aromatic rings. The van der Waals surface area contributed by atoms with Crippen molar-refractivity contribution in [3.63, 3.8) is 0 Å². The first kappa shape index (κ1) is 10.2. The van der Waals surface area contributed by atoms with Crippen molar-refractivity contribution in [2.75, 3.05) is 7.05 Å². The molecule has 0 saturated heterocycles. The summed E-state index contributed by atoms with van der Waals surface area (Å²) in [5.41, 5.74) is 0.865. The minimum absolute atomic E-state index is 0.101. The quantitative estimate of drug-likeness (QED) is 0.729. The summed E-state index contributed by atoms with van der Waals surface area (Å²) in [4.78, 5) is 3.97. The first-order valence-corrected chi connectivity index (χ1v) is 4.54. The molecular formula is C10H16N2O. The summed E-state index contributed by atoms with van der Waals surface area (Å²) < 4.78 is 0. The molecular weight excluding hydrogens is 164 g/mol. The van der Waals surface area contributed by atoms with Crippen LogP contribution in [-0.4, -0.2) is 23.2 Å². The van der Waals surface area contributed by atoms with Crippen molar-refractivity contribution in [3.8, 4) is 0 Å². The third-order valence-electron chi connectivity index (χ3n) is 2.22. The number of nitrogens with one attached hydrogen (secondary N) is 1. The standard InChI is InChI=1S/C10H16N2O/c1-3-9(11-2)10(13)8-5-4-6-12-7-8/h4-7,9-11,13H,3H2,1-2H3/t9-,10-/m1/s1. The molecule has 0 radical (unpaired) electrons. The molecule has 1 heterocycles. The van der Waals surface area contributed by atoms with E-state index in [4.69, 9.17) is 0 Å². The van der Waals surface area contributed by atoms with Crippen molar-refractivity contribution in [1.82, 2.24) is 10.3 Å². The zero-order valence-electron chi connectivity index (χ0n) is 8.07. The van der Waals surface area contributed by atoms with Crippen LogP contribution in [0.3, 0.4) is 0 Å². The van der Waals surface area contributed by atoms with Gasteiger partial charge in [0.15, 0.2) is 0 Å². The van der Waals surface area contributed by atoms with Crippen molar-refractivity contribution in [2.45, 2.75) is 25.5 Å². The van der Waals surface area contributed by atoms with Gasteiger partial charge in [-0.1, -0.05) is 13.0 Å². The van der Waals surface area contributed by atoms with Crippen LogP contribution in [-0.2, 0) is 0 Å². The lowest BCUT2D eigenvalue weighted by Crippen LogP contribution is -2.31. The maximum absolute atomic E-state index is 9.88. The van der Waals surface area contributed by atoms with Gasteiger partial charge in [0.05, 0.1) is 6.10 Å². The van der Waals surface area contributed by atoms with E-state index in [-0.39, 0.29) is 6.04 Å². The van der Waals surface area contributed by atoms with E-state index < -0.39 is 6.10 Å². The summed E-state index contributed by atoms with van der Waals surface area (Å²) in [6, 6.07) is 3.82. The first-order valence-electron chi connectivity index (χ1n) is 4.54. The predicted octanol–water partition coefficient (Wildman–Crippen LogP) is 1.11. The van der Waals surface area contributed by atoms with E-state index in [9.17, 15) is 5.11 Å². The molecule has 0 aliphatic heterocycles. The summed E-state index contributed by atoms with van der Waals surface area (Å²) in [6.45, 7) is 2.04. The summed E-state index contributed by atoms with van der Waals surface area (Å²) >= 11 is 0. The lowest BCUT2D eigenvalue weighted by atomic mass is 10.0. The molecule has 0 bridgehead atoms. The van der Waals surface area contributed by atoms with E-state index in [2.05, 4.69) is 10.3 Å². The second kappa shape index (κ2) is 4.94. The van der Waals surface area contributed by atoms with E-state index >= 15 is 0 Å². The number of nitrogens with zero attached hydrogens (tertiary/aromatic N) is 1. The molecule has 0 unspecified atom stereocenters. The van der Waals surface area contributed by atoms with Crippen molar-refractivity contribution in [1.29, 1.82) is 0 Å². The molecule has 2 atom stereocenters. The van der Waals surface area contributed by atoms with Crippen molar-refractivity contribution in [3.05, 3.63) is 30.1 Å². The molecule has 13 heavy (non-hydrogen) atoms. The highest BCUT2D eigenvalue weighted by molar-refractivity contribution is 5.13. The van der Waals surface area contributed by atoms with Crippen LogP contribution in [0.5, 0.6) is 0 Å². The van der Waals surface area contributed by atoms with Gasteiger partial charge >= 0.3 is 0 Å². The van der Waals surface area contributed by atoms with E-state index in [1.165, 1.54) is 0 Å². The van der Waals surface area contributed by atoms with E-state index in [1.54, 1.807) is 12.4 Å². The van der Waals surface area contributed by atoms with Gasteiger partial charge in [-0.15, -0.1) is 0 Å². The van der Waals surface area contributed by atoms with Gasteiger partial charge in [0.1, 0.15) is 0 Å². The van der Waals surface area contributed by atoms with Gasteiger partial charge in [0.25, 0.3) is 0 Å². The highest BCUT2D eigenvalue weighted by Crippen LogP contribution is 2.16. The number of hydrogen-bond acceptors (Lipinski definition) is 3. The molecule has 0 spiro atoms. The van der Waals surface area contributed by atoms with Crippen molar-refractivity contribution < 1.29 is 5.11 Å². The molecule has 0 saturated carbocycles. The van der Waals surface area contributed by atoms with Gasteiger partial charge in [0.2, 0.25) is 0 Å². The highest BCUT2D eigenvalue weighted by atomic mass is 16.3. The first-order chi connectivity index (χ1) is 6.29. The van der Waals surface area contributed by atoms with Gasteiger partial charge in [0, 0.05) is 24.0 Å². The van der Waals surface area contributed by atoms with Crippen LogP contribution in [0.1, 0.15) is 25.0 Å². The van der Waals surface area contributed by atoms with Crippen LogP contribution in [0.2, 0.25) is 0 Å². The third-order valence-corrected chi connectivity index (χ3v) is 2.22. The fourth-order valence-corrected chi connectivity index (χ4v) is 1.37. The Morgan fingerprint density at radius 2 is 2.38 bits per heavy atom. The molecule has 3 nitrogen and oxygen atoms in total. The normalized spacial score (nSPS) is 15.3. The van der Waals surface area contributed by atoms with Crippen LogP contribution in [0.15, 0.2) is 24.5 Å². The Morgan fingerprint density at radius 3 is 2.85 bits per heavy atom. The van der Waals surface area contributed by atoms with E-state index in [1.807, 2.05) is 26.1 Å². The maximum Gasteiger partial charge on any atom is 0.0957 e. The molecule has 72 valence electrons. The maximum atomic E-state index is 9.88. The van der Waals surface area contributed by atoms with Gasteiger partial charge in [-0.2, -0.15) is 0 Å². The molecule has 3 heteroatoms. The van der Waals surface area contributed by atoms with Crippen molar-refractivity contribution >= 4 is 0 Å². The second-order valence-electron chi connectivity index (χ2n) is 3.03. The number of aromatic nitrogens is 1. The number of rotatable bonds is 4. The molecule has 1 aromatic heterocycles. The van der Waals surface area contributed by atoms with Crippen LogP contribution in [0.25, 0.3) is 0 Å². The Balaban J connectivity index is 2.72. The fourth-order valence-electron chi connectivity index (χ4n) is 1.37. The largest absolute Gasteiger partial charge is 0.387 e. The van der Waals surface area contributed by atoms with Gasteiger partial charge in [-0.25, -0.2) is 0 Å². The van der Waals surface area contributed by atoms with Crippen LogP contribution < -0.4 is 5.32 Å². The average Bonchev–Trinajstić information content (AvgIpc) is 2.21. The average molecular weight is 180 g/mol. The molecule has 0 amide bonds. The minimum Gasteiger partial charge on any atom is -0.387 e. The van der Waals surface area contributed by atoms with Crippen molar-refractivity contribution in [2.24, 2.45) is 0 Å². The zero-order valence-corrected chi connectivity index (χ0v) is 8.07. The second-order valence-corrected chi connectivity index (χ2v) is 3.03. The SMILES string of the molecule is CC[C@@H](NC)[C@H](O)c1cccnc1. The summed E-state index contributed by atoms with van der Waals surface area (Å²) in [6.07, 6.45) is 3.83. The molecule has 0 fully saturated rings. The van der Waals surface area contributed by atoms with Crippen LogP contribution in [0.4, 0.5) is 0 Å². The number of pyridine rings is 1. The van der Waals surface area contributed by atoms with E-state index in [0.29, 0.717) is 0 Å². The predicted molar refractivity (Wildman–Crippen MR) is 52.3 cm³/mol. The Hall–Kier alpha value is -0.930. The van der Waals surface area contributed by atoms with Gasteiger partial charge in [-0.3, -0.25) is 4.98 Å². The smallest absolute Gasteiger partial charge is 0.0957 e. The Labute approximate surface area is 78.8 Å². The number of aliphatic hydroxyl groups excluding tert-OH is 1. The Morgan fingerprint density at radius 1 is 1.62 bits per heavy atom. The topological polar surface area (TPSA) is 45.1 Å². The number of hydrogen-bond donors (Lipinski definition) is 2.